The van der Waals surface area contributed by atoms with Gasteiger partial charge in [-0.25, -0.2) is 14.8 Å². The second kappa shape index (κ2) is 8.49. The molecule has 0 unspecified atom stereocenters. The molecule has 1 N–H and O–H groups in total. The summed E-state index contributed by atoms with van der Waals surface area (Å²) in [5, 5.41) is 5.34. The van der Waals surface area contributed by atoms with Crippen molar-refractivity contribution in [3.05, 3.63) is 40.3 Å². The van der Waals surface area contributed by atoms with Crippen molar-refractivity contribution in [2.75, 3.05) is 18.2 Å². The normalized spacial score (nSPS) is 13.4. The fourth-order valence-electron chi connectivity index (χ4n) is 3.46. The lowest BCUT2D eigenvalue weighted by atomic mass is 9.97. The zero-order valence-corrected chi connectivity index (χ0v) is 17.7. The molecule has 0 amide bonds. The highest BCUT2D eigenvalue weighted by Crippen LogP contribution is 2.40. The van der Waals surface area contributed by atoms with E-state index in [1.807, 2.05) is 31.4 Å². The van der Waals surface area contributed by atoms with Gasteiger partial charge in [0.25, 0.3) is 0 Å². The molecule has 0 radical (unpaired) electrons. The standard InChI is InChI=1S/C21H23N3O2S2/c1-3-11-26-20(25)13-7-6-8-14(12-13)22-18-17-15-9-4-5-10-16(15)28-19(17)24-21(23-18)27-2/h6-8,12H,3-5,9-11H2,1-2H3,(H,22,23,24). The highest BCUT2D eigenvalue weighted by molar-refractivity contribution is 7.98. The number of hydrogen-bond acceptors (Lipinski definition) is 7. The van der Waals surface area contributed by atoms with E-state index in [2.05, 4.69) is 5.32 Å². The minimum atomic E-state index is -0.295. The number of hydrogen-bond donors (Lipinski definition) is 1. The lowest BCUT2D eigenvalue weighted by Crippen LogP contribution is -2.06. The first-order chi connectivity index (χ1) is 13.7. The first-order valence-electron chi connectivity index (χ1n) is 9.60. The zero-order valence-electron chi connectivity index (χ0n) is 16.1. The Labute approximate surface area is 172 Å². The minimum absolute atomic E-state index is 0.295. The molecule has 0 saturated carbocycles. The molecule has 2 heterocycles. The number of ether oxygens (including phenoxy) is 1. The largest absolute Gasteiger partial charge is 0.462 e. The molecular formula is C21H23N3O2S2. The maximum atomic E-state index is 12.2. The van der Waals surface area contributed by atoms with Gasteiger partial charge in [0.2, 0.25) is 0 Å². The summed E-state index contributed by atoms with van der Waals surface area (Å²) in [4.78, 5) is 24.2. The molecule has 0 aliphatic heterocycles. The predicted octanol–water partition coefficient (Wildman–Crippen LogP) is 5.60. The number of carbonyl (C=O) groups is 1. The molecule has 4 rings (SSSR count). The molecule has 146 valence electrons. The van der Waals surface area contributed by atoms with Gasteiger partial charge in [0.05, 0.1) is 17.6 Å². The summed E-state index contributed by atoms with van der Waals surface area (Å²) in [6.07, 6.45) is 7.46. The number of rotatable bonds is 6. The molecule has 1 aliphatic rings. The molecule has 28 heavy (non-hydrogen) atoms. The monoisotopic (exact) mass is 413 g/mol. The summed E-state index contributed by atoms with van der Waals surface area (Å²) in [6.45, 7) is 2.41. The summed E-state index contributed by atoms with van der Waals surface area (Å²) in [7, 11) is 0. The van der Waals surface area contributed by atoms with E-state index in [0.717, 1.165) is 46.1 Å². The molecule has 1 aromatic carbocycles. The van der Waals surface area contributed by atoms with E-state index in [-0.39, 0.29) is 5.97 Å². The highest BCUT2D eigenvalue weighted by Gasteiger charge is 2.21. The molecule has 0 saturated heterocycles. The number of benzene rings is 1. The Balaban J connectivity index is 1.71. The number of esters is 1. The van der Waals surface area contributed by atoms with E-state index in [0.29, 0.717) is 12.2 Å². The summed E-state index contributed by atoms with van der Waals surface area (Å²) in [5.41, 5.74) is 2.76. The quantitative estimate of drug-likeness (QED) is 0.322. The maximum absolute atomic E-state index is 12.2. The van der Waals surface area contributed by atoms with Crippen molar-refractivity contribution < 1.29 is 9.53 Å². The Morgan fingerprint density at radius 3 is 2.96 bits per heavy atom. The van der Waals surface area contributed by atoms with E-state index >= 15 is 0 Å². The minimum Gasteiger partial charge on any atom is -0.462 e. The van der Waals surface area contributed by atoms with E-state index in [1.54, 1.807) is 29.2 Å². The average Bonchev–Trinajstić information content (AvgIpc) is 3.10. The molecule has 0 bridgehead atoms. The Bertz CT molecular complexity index is 1020. The third-order valence-electron chi connectivity index (χ3n) is 4.78. The smallest absolute Gasteiger partial charge is 0.338 e. The Morgan fingerprint density at radius 2 is 2.14 bits per heavy atom. The van der Waals surface area contributed by atoms with Crippen molar-refractivity contribution in [3.8, 4) is 0 Å². The molecule has 7 heteroatoms. The maximum Gasteiger partial charge on any atom is 0.338 e. The highest BCUT2D eigenvalue weighted by atomic mass is 32.2. The van der Waals surface area contributed by atoms with Gasteiger partial charge in [-0.2, -0.15) is 0 Å². The topological polar surface area (TPSA) is 64.1 Å². The first kappa shape index (κ1) is 19.2. The molecule has 3 aromatic rings. The van der Waals surface area contributed by atoms with Gasteiger partial charge in [0, 0.05) is 10.6 Å². The van der Waals surface area contributed by atoms with Gasteiger partial charge in [-0.3, -0.25) is 0 Å². The Kier molecular flexibility index (Phi) is 5.82. The van der Waals surface area contributed by atoms with Crippen LogP contribution < -0.4 is 5.32 Å². The van der Waals surface area contributed by atoms with Crippen LogP contribution in [0.4, 0.5) is 11.5 Å². The van der Waals surface area contributed by atoms with Crippen LogP contribution in [0.25, 0.3) is 10.2 Å². The van der Waals surface area contributed by atoms with E-state index in [9.17, 15) is 4.79 Å². The van der Waals surface area contributed by atoms with E-state index < -0.39 is 0 Å². The number of nitrogens with zero attached hydrogens (tertiary/aromatic N) is 2. The van der Waals surface area contributed by atoms with Crippen molar-refractivity contribution >= 4 is 50.8 Å². The van der Waals surface area contributed by atoms with Gasteiger partial charge in [0.15, 0.2) is 5.16 Å². The fraction of sp³-hybridized carbons (Fsp3) is 0.381. The molecule has 1 aliphatic carbocycles. The lowest BCUT2D eigenvalue weighted by Gasteiger charge is -2.13. The van der Waals surface area contributed by atoms with Crippen LogP contribution in [-0.2, 0) is 17.6 Å². The zero-order chi connectivity index (χ0) is 19.5. The van der Waals surface area contributed by atoms with Crippen molar-refractivity contribution in [3.63, 3.8) is 0 Å². The number of thiophene rings is 1. The number of aromatic nitrogens is 2. The van der Waals surface area contributed by atoms with Crippen LogP contribution in [0.15, 0.2) is 29.4 Å². The molecule has 0 spiro atoms. The van der Waals surface area contributed by atoms with Crippen LogP contribution in [0.5, 0.6) is 0 Å². The van der Waals surface area contributed by atoms with Crippen molar-refractivity contribution in [1.29, 1.82) is 0 Å². The second-order valence-corrected chi connectivity index (χ2v) is 8.65. The van der Waals surface area contributed by atoms with E-state index in [4.69, 9.17) is 14.7 Å². The third kappa shape index (κ3) is 3.86. The van der Waals surface area contributed by atoms with Crippen LogP contribution in [0.1, 0.15) is 47.0 Å². The van der Waals surface area contributed by atoms with Gasteiger partial charge in [-0.1, -0.05) is 24.8 Å². The number of fused-ring (bicyclic) bond motifs is 3. The van der Waals surface area contributed by atoms with Crippen LogP contribution in [0.3, 0.4) is 0 Å². The third-order valence-corrected chi connectivity index (χ3v) is 6.51. The Hall–Kier alpha value is -2.12. The average molecular weight is 414 g/mol. The summed E-state index contributed by atoms with van der Waals surface area (Å²) in [5.74, 6) is 0.531. The molecule has 5 nitrogen and oxygen atoms in total. The molecule has 0 fully saturated rings. The van der Waals surface area contributed by atoms with Crippen LogP contribution in [-0.4, -0.2) is 28.8 Å². The molecule has 2 aromatic heterocycles. The predicted molar refractivity (Wildman–Crippen MR) is 116 cm³/mol. The summed E-state index contributed by atoms with van der Waals surface area (Å²) in [6, 6.07) is 7.41. The summed E-state index contributed by atoms with van der Waals surface area (Å²) >= 11 is 3.33. The molecule has 0 atom stereocenters. The van der Waals surface area contributed by atoms with Crippen molar-refractivity contribution in [1.82, 2.24) is 9.97 Å². The van der Waals surface area contributed by atoms with Gasteiger partial charge in [-0.15, -0.1) is 11.3 Å². The number of anilines is 2. The van der Waals surface area contributed by atoms with Gasteiger partial charge >= 0.3 is 5.97 Å². The number of nitrogens with one attached hydrogen (secondary N) is 1. The second-order valence-electron chi connectivity index (χ2n) is 6.79. The number of aryl methyl sites for hydroxylation is 2. The number of carbonyl (C=O) groups excluding carboxylic acids is 1. The van der Waals surface area contributed by atoms with E-state index in [1.165, 1.54) is 23.3 Å². The lowest BCUT2D eigenvalue weighted by molar-refractivity contribution is 0.0505. The van der Waals surface area contributed by atoms with Crippen molar-refractivity contribution in [2.24, 2.45) is 0 Å². The fourth-order valence-corrected chi connectivity index (χ4v) is 5.14. The Morgan fingerprint density at radius 1 is 1.29 bits per heavy atom. The van der Waals surface area contributed by atoms with Gasteiger partial charge < -0.3 is 10.1 Å². The molecular weight excluding hydrogens is 390 g/mol. The van der Waals surface area contributed by atoms with Crippen LogP contribution in [0.2, 0.25) is 0 Å². The van der Waals surface area contributed by atoms with Crippen molar-refractivity contribution in [2.45, 2.75) is 44.2 Å². The first-order valence-corrected chi connectivity index (χ1v) is 11.6. The summed E-state index contributed by atoms with van der Waals surface area (Å²) < 4.78 is 5.26. The number of thioether (sulfide) groups is 1. The van der Waals surface area contributed by atoms with Crippen LogP contribution in [0, 0.1) is 0 Å². The van der Waals surface area contributed by atoms with Gasteiger partial charge in [0.1, 0.15) is 10.6 Å². The van der Waals surface area contributed by atoms with Gasteiger partial charge in [-0.05, 0) is 62.1 Å². The SMILES string of the molecule is CCCOC(=O)c1cccc(Nc2nc(SC)nc3sc4c(c23)CCCC4)c1. The van der Waals surface area contributed by atoms with Crippen LogP contribution >= 0.6 is 23.1 Å².